The van der Waals surface area contributed by atoms with Gasteiger partial charge in [0.25, 0.3) is 0 Å². The number of nitrogens with zero attached hydrogens (tertiary/aromatic N) is 1. The third kappa shape index (κ3) is 2.04. The van der Waals surface area contributed by atoms with Crippen LogP contribution < -0.4 is 0 Å². The Labute approximate surface area is 55.9 Å². The van der Waals surface area contributed by atoms with Crippen LogP contribution in [0.1, 0.15) is 26.2 Å². The maximum atomic E-state index is 4.75. The molecule has 9 heavy (non-hydrogen) atoms. The number of rotatable bonds is 3. The van der Waals surface area contributed by atoms with Crippen molar-refractivity contribution in [2.45, 2.75) is 26.2 Å². The van der Waals surface area contributed by atoms with Gasteiger partial charge in [0.2, 0.25) is 0 Å². The summed E-state index contributed by atoms with van der Waals surface area (Å²) in [7, 11) is 0. The van der Waals surface area contributed by atoms with E-state index in [0.29, 0.717) is 12.5 Å². The highest BCUT2D eigenvalue weighted by molar-refractivity contribution is 5.60. The van der Waals surface area contributed by atoms with E-state index in [1.807, 2.05) is 6.92 Å². The van der Waals surface area contributed by atoms with E-state index in [1.54, 1.807) is 0 Å². The van der Waals surface area contributed by atoms with Crippen LogP contribution in [0.25, 0.3) is 0 Å². The summed E-state index contributed by atoms with van der Waals surface area (Å²) in [5, 5.41) is 3.66. The van der Waals surface area contributed by atoms with Crippen molar-refractivity contribution in [3.63, 3.8) is 0 Å². The standard InChI is InChI=1S/C7H12NO/c1-2-9-8-6-7-4-3-5-7/h7H,2-5H2,1H3. The van der Waals surface area contributed by atoms with Crippen LogP contribution in [0.5, 0.6) is 0 Å². The summed E-state index contributed by atoms with van der Waals surface area (Å²) < 4.78 is 0. The Kier molecular flexibility index (Phi) is 2.55. The van der Waals surface area contributed by atoms with Crippen molar-refractivity contribution in [3.8, 4) is 0 Å². The van der Waals surface area contributed by atoms with Crippen molar-refractivity contribution in [2.24, 2.45) is 11.1 Å². The Morgan fingerprint density at radius 1 is 1.67 bits per heavy atom. The lowest BCUT2D eigenvalue weighted by atomic mass is 9.87. The number of hydrogen-bond acceptors (Lipinski definition) is 2. The molecule has 1 radical (unpaired) electrons. The minimum atomic E-state index is 0.594. The average Bonchev–Trinajstić information content (AvgIpc) is 1.76. The normalized spacial score (nSPS) is 20.1. The van der Waals surface area contributed by atoms with E-state index in [-0.39, 0.29) is 0 Å². The lowest BCUT2D eigenvalue weighted by Crippen LogP contribution is -2.11. The molecule has 0 aliphatic heterocycles. The van der Waals surface area contributed by atoms with Crippen LogP contribution in [0.15, 0.2) is 5.16 Å². The van der Waals surface area contributed by atoms with Gasteiger partial charge in [0.1, 0.15) is 12.8 Å². The molecule has 0 aromatic heterocycles. The molecular weight excluding hydrogens is 114 g/mol. The first-order valence-corrected chi connectivity index (χ1v) is 3.51. The monoisotopic (exact) mass is 126 g/mol. The van der Waals surface area contributed by atoms with Crippen molar-refractivity contribution >= 4 is 6.21 Å². The van der Waals surface area contributed by atoms with Crippen molar-refractivity contribution in [1.82, 2.24) is 0 Å². The predicted octanol–water partition coefficient (Wildman–Crippen LogP) is 1.69. The fourth-order valence-corrected chi connectivity index (χ4v) is 0.714. The molecule has 2 nitrogen and oxygen atoms in total. The van der Waals surface area contributed by atoms with Gasteiger partial charge in [0.15, 0.2) is 0 Å². The van der Waals surface area contributed by atoms with Crippen LogP contribution in [0, 0.1) is 5.92 Å². The molecule has 2 heteroatoms. The third-order valence-corrected chi connectivity index (χ3v) is 1.53. The summed E-state index contributed by atoms with van der Waals surface area (Å²) in [6, 6.07) is 0. The zero-order valence-corrected chi connectivity index (χ0v) is 5.76. The summed E-state index contributed by atoms with van der Waals surface area (Å²) >= 11 is 0. The van der Waals surface area contributed by atoms with Crippen molar-refractivity contribution in [1.29, 1.82) is 0 Å². The quantitative estimate of drug-likeness (QED) is 0.416. The maximum absolute atomic E-state index is 4.75. The second-order valence-electron chi connectivity index (χ2n) is 2.27. The molecule has 1 aliphatic carbocycles. The van der Waals surface area contributed by atoms with Crippen molar-refractivity contribution in [3.05, 3.63) is 0 Å². The van der Waals surface area contributed by atoms with E-state index < -0.39 is 0 Å². The Balaban J connectivity index is 2.00. The predicted molar refractivity (Wildman–Crippen MR) is 36.4 cm³/mol. The summed E-state index contributed by atoms with van der Waals surface area (Å²) in [5.41, 5.74) is 0. The molecule has 0 atom stereocenters. The van der Waals surface area contributed by atoms with Gasteiger partial charge in [0.05, 0.1) is 0 Å². The molecule has 0 N–H and O–H groups in total. The Morgan fingerprint density at radius 3 is 2.89 bits per heavy atom. The molecule has 0 aromatic rings. The van der Waals surface area contributed by atoms with Gasteiger partial charge >= 0.3 is 0 Å². The van der Waals surface area contributed by atoms with Crippen LogP contribution in [-0.2, 0) is 4.84 Å². The summed E-state index contributed by atoms with van der Waals surface area (Å²) in [6.07, 6.45) is 6.75. The summed E-state index contributed by atoms with van der Waals surface area (Å²) in [4.78, 5) is 4.75. The highest BCUT2D eigenvalue weighted by Gasteiger charge is 2.15. The number of hydrogen-bond donors (Lipinski definition) is 0. The Bertz CT molecular complexity index is 97.1. The first-order chi connectivity index (χ1) is 4.43. The molecule has 0 amide bonds. The topological polar surface area (TPSA) is 21.6 Å². The Hall–Kier alpha value is -0.530. The molecule has 1 fully saturated rings. The molecule has 0 saturated heterocycles. The van der Waals surface area contributed by atoms with Gasteiger partial charge in [-0.2, -0.15) is 0 Å². The highest BCUT2D eigenvalue weighted by Crippen LogP contribution is 2.23. The van der Waals surface area contributed by atoms with Crippen LogP contribution in [0.4, 0.5) is 0 Å². The maximum Gasteiger partial charge on any atom is 0.114 e. The summed E-state index contributed by atoms with van der Waals surface area (Å²) in [6.45, 7) is 2.58. The molecule has 1 saturated carbocycles. The van der Waals surface area contributed by atoms with E-state index in [2.05, 4.69) is 11.4 Å². The average molecular weight is 126 g/mol. The van der Waals surface area contributed by atoms with Gasteiger partial charge in [-0.25, -0.2) is 0 Å². The van der Waals surface area contributed by atoms with Crippen LogP contribution >= 0.6 is 0 Å². The SMILES string of the molecule is CCO/N=[C]/C1CCC1. The first-order valence-electron chi connectivity index (χ1n) is 3.51. The van der Waals surface area contributed by atoms with Gasteiger partial charge in [-0.1, -0.05) is 11.6 Å². The minimum absolute atomic E-state index is 0.594. The van der Waals surface area contributed by atoms with Gasteiger partial charge in [-0.15, -0.1) is 0 Å². The second-order valence-corrected chi connectivity index (χ2v) is 2.27. The third-order valence-electron chi connectivity index (χ3n) is 1.53. The zero-order valence-electron chi connectivity index (χ0n) is 5.76. The zero-order chi connectivity index (χ0) is 6.53. The highest BCUT2D eigenvalue weighted by atomic mass is 16.6. The van der Waals surface area contributed by atoms with Crippen LogP contribution in [0.3, 0.4) is 0 Å². The van der Waals surface area contributed by atoms with Crippen LogP contribution in [0.2, 0.25) is 0 Å². The van der Waals surface area contributed by atoms with Gasteiger partial charge in [-0.3, -0.25) is 0 Å². The Morgan fingerprint density at radius 2 is 2.44 bits per heavy atom. The molecular formula is C7H12NO. The van der Waals surface area contributed by atoms with E-state index in [4.69, 9.17) is 4.84 Å². The largest absolute Gasteiger partial charge is 0.396 e. The smallest absolute Gasteiger partial charge is 0.114 e. The minimum Gasteiger partial charge on any atom is -0.396 e. The van der Waals surface area contributed by atoms with Gasteiger partial charge in [-0.05, 0) is 19.8 Å². The molecule has 1 aliphatic rings. The summed E-state index contributed by atoms with van der Waals surface area (Å²) in [5.74, 6) is 0.594. The van der Waals surface area contributed by atoms with Crippen molar-refractivity contribution in [2.75, 3.05) is 6.61 Å². The molecule has 0 spiro atoms. The van der Waals surface area contributed by atoms with Gasteiger partial charge in [0, 0.05) is 5.92 Å². The lowest BCUT2D eigenvalue weighted by molar-refractivity contribution is 0.157. The molecule has 0 heterocycles. The molecule has 51 valence electrons. The first kappa shape index (κ1) is 6.59. The molecule has 0 aromatic carbocycles. The van der Waals surface area contributed by atoms with E-state index in [1.165, 1.54) is 19.3 Å². The van der Waals surface area contributed by atoms with Crippen molar-refractivity contribution < 1.29 is 4.84 Å². The fraction of sp³-hybridized carbons (Fsp3) is 0.857. The van der Waals surface area contributed by atoms with Gasteiger partial charge < -0.3 is 4.84 Å². The van der Waals surface area contributed by atoms with E-state index in [0.717, 1.165) is 0 Å². The second kappa shape index (κ2) is 3.49. The van der Waals surface area contributed by atoms with E-state index in [9.17, 15) is 0 Å². The lowest BCUT2D eigenvalue weighted by Gasteiger charge is -2.18. The fourth-order valence-electron chi connectivity index (χ4n) is 0.714. The molecule has 0 bridgehead atoms. The van der Waals surface area contributed by atoms with E-state index >= 15 is 0 Å². The molecule has 0 unspecified atom stereocenters. The van der Waals surface area contributed by atoms with Crippen LogP contribution in [-0.4, -0.2) is 12.8 Å². The molecule has 1 rings (SSSR count).